The van der Waals surface area contributed by atoms with Gasteiger partial charge in [-0.05, 0) is 39.0 Å². The van der Waals surface area contributed by atoms with Gasteiger partial charge in [0.2, 0.25) is 0 Å². The van der Waals surface area contributed by atoms with E-state index in [1.165, 1.54) is 4.57 Å². The van der Waals surface area contributed by atoms with Crippen LogP contribution in [-0.4, -0.2) is 35.6 Å². The van der Waals surface area contributed by atoms with Gasteiger partial charge in [0.1, 0.15) is 35.8 Å². The molecule has 2 aromatic rings. The molecule has 0 N–H and O–H groups in total. The molecule has 1 fully saturated rings. The molecule has 3 rings (SSSR count). The summed E-state index contributed by atoms with van der Waals surface area (Å²) in [6.45, 7) is 6.52. The van der Waals surface area contributed by atoms with Crippen LogP contribution in [-0.2, 0) is 9.47 Å². The third-order valence-corrected chi connectivity index (χ3v) is 3.32. The highest BCUT2D eigenvalue weighted by Crippen LogP contribution is 2.30. The fourth-order valence-electron chi connectivity index (χ4n) is 2.26. The molecule has 6 heteroatoms. The number of aromatic nitrogens is 1. The van der Waals surface area contributed by atoms with Gasteiger partial charge in [-0.15, -0.1) is 0 Å². The highest BCUT2D eigenvalue weighted by Gasteiger charge is 2.25. The molecule has 0 amide bonds. The summed E-state index contributed by atoms with van der Waals surface area (Å²) in [6.07, 6.45) is -0.444. The van der Waals surface area contributed by atoms with Gasteiger partial charge in [-0.3, -0.25) is 0 Å². The number of ether oxygens (including phenoxy) is 3. The van der Waals surface area contributed by atoms with Crippen molar-refractivity contribution in [1.29, 1.82) is 5.26 Å². The molecule has 1 aliphatic rings. The average Bonchev–Trinajstić information content (AvgIpc) is 3.21. The SMILES string of the molecule is CC(C)(C)OC(=O)n1c(C#N)cc2c(OCC3CO3)cccc21. The van der Waals surface area contributed by atoms with Crippen molar-refractivity contribution in [2.24, 2.45) is 0 Å². The van der Waals surface area contributed by atoms with E-state index in [2.05, 4.69) is 0 Å². The second-order valence-electron chi connectivity index (χ2n) is 6.41. The molecule has 1 aromatic heterocycles. The first-order chi connectivity index (χ1) is 10.9. The van der Waals surface area contributed by atoms with Gasteiger partial charge in [0.25, 0.3) is 0 Å². The zero-order valence-electron chi connectivity index (χ0n) is 13.3. The number of carbonyl (C=O) groups is 1. The van der Waals surface area contributed by atoms with Crippen molar-refractivity contribution < 1.29 is 19.0 Å². The summed E-state index contributed by atoms with van der Waals surface area (Å²) in [5, 5.41) is 10.1. The maximum atomic E-state index is 12.4. The maximum absolute atomic E-state index is 12.4. The number of hydrogen-bond acceptors (Lipinski definition) is 5. The second-order valence-corrected chi connectivity index (χ2v) is 6.41. The lowest BCUT2D eigenvalue weighted by molar-refractivity contribution is 0.0543. The van der Waals surface area contributed by atoms with Crippen molar-refractivity contribution in [1.82, 2.24) is 4.57 Å². The van der Waals surface area contributed by atoms with Crippen LogP contribution in [0.4, 0.5) is 4.79 Å². The molecule has 2 heterocycles. The number of carbonyl (C=O) groups excluding carboxylic acids is 1. The lowest BCUT2D eigenvalue weighted by Gasteiger charge is -2.20. The van der Waals surface area contributed by atoms with Crippen molar-refractivity contribution >= 4 is 17.0 Å². The second kappa shape index (κ2) is 5.60. The van der Waals surface area contributed by atoms with Crippen LogP contribution in [0.1, 0.15) is 26.5 Å². The Morgan fingerprint density at radius 3 is 2.83 bits per heavy atom. The Kier molecular flexibility index (Phi) is 3.74. The van der Waals surface area contributed by atoms with Gasteiger partial charge in [-0.25, -0.2) is 9.36 Å². The van der Waals surface area contributed by atoms with Gasteiger partial charge < -0.3 is 14.2 Å². The molecule has 0 saturated carbocycles. The van der Waals surface area contributed by atoms with E-state index in [0.29, 0.717) is 29.9 Å². The van der Waals surface area contributed by atoms with Crippen LogP contribution in [0.5, 0.6) is 5.75 Å². The lowest BCUT2D eigenvalue weighted by atomic mass is 10.2. The molecule has 1 aliphatic heterocycles. The molecule has 6 nitrogen and oxygen atoms in total. The maximum Gasteiger partial charge on any atom is 0.420 e. The largest absolute Gasteiger partial charge is 0.490 e. The smallest absolute Gasteiger partial charge is 0.420 e. The van der Waals surface area contributed by atoms with Gasteiger partial charge in [0.05, 0.1) is 12.1 Å². The molecule has 120 valence electrons. The highest BCUT2D eigenvalue weighted by atomic mass is 16.6. The zero-order valence-corrected chi connectivity index (χ0v) is 13.3. The molecule has 0 bridgehead atoms. The normalized spacial score (nSPS) is 16.9. The minimum atomic E-state index is -0.641. The summed E-state index contributed by atoms with van der Waals surface area (Å²) < 4.78 is 17.5. The van der Waals surface area contributed by atoms with Crippen molar-refractivity contribution in [2.45, 2.75) is 32.5 Å². The predicted octanol–water partition coefficient (Wildman–Crippen LogP) is 3.07. The standard InChI is InChI=1S/C17H18N2O4/c1-17(2,3)23-16(20)19-11(8-18)7-13-14(19)5-4-6-15(13)22-10-12-9-21-12/h4-7,12H,9-10H2,1-3H3. The quantitative estimate of drug-likeness (QED) is 0.814. The fourth-order valence-corrected chi connectivity index (χ4v) is 2.26. The summed E-state index contributed by atoms with van der Waals surface area (Å²) in [6, 6.07) is 9.04. The minimum Gasteiger partial charge on any atom is -0.490 e. The number of rotatable bonds is 3. The molecule has 1 atom stereocenters. The first kappa shape index (κ1) is 15.4. The number of nitriles is 1. The summed E-state index contributed by atoms with van der Waals surface area (Å²) in [5.41, 5.74) is 0.163. The van der Waals surface area contributed by atoms with Crippen molar-refractivity contribution in [3.8, 4) is 11.8 Å². The number of benzene rings is 1. The van der Waals surface area contributed by atoms with E-state index >= 15 is 0 Å². The first-order valence-corrected chi connectivity index (χ1v) is 7.41. The van der Waals surface area contributed by atoms with Crippen LogP contribution in [0.3, 0.4) is 0 Å². The number of fused-ring (bicyclic) bond motifs is 1. The third kappa shape index (κ3) is 3.30. The Labute approximate surface area is 134 Å². The van der Waals surface area contributed by atoms with Gasteiger partial charge in [-0.2, -0.15) is 5.26 Å². The van der Waals surface area contributed by atoms with E-state index in [4.69, 9.17) is 14.2 Å². The Hall–Kier alpha value is -2.52. The van der Waals surface area contributed by atoms with Crippen molar-refractivity contribution in [3.63, 3.8) is 0 Å². The van der Waals surface area contributed by atoms with E-state index in [9.17, 15) is 10.1 Å². The summed E-state index contributed by atoms with van der Waals surface area (Å²) >= 11 is 0. The monoisotopic (exact) mass is 314 g/mol. The molecule has 1 unspecified atom stereocenters. The van der Waals surface area contributed by atoms with E-state index in [0.717, 1.165) is 0 Å². The van der Waals surface area contributed by atoms with Crippen LogP contribution < -0.4 is 4.74 Å². The molecule has 0 aliphatic carbocycles. The van der Waals surface area contributed by atoms with E-state index in [1.54, 1.807) is 39.0 Å². The van der Waals surface area contributed by atoms with Crippen LogP contribution >= 0.6 is 0 Å². The number of epoxide rings is 1. The summed E-state index contributed by atoms with van der Waals surface area (Å²) in [7, 11) is 0. The van der Waals surface area contributed by atoms with Crippen LogP contribution in [0.25, 0.3) is 10.9 Å². The molecular formula is C17H18N2O4. The fraction of sp³-hybridized carbons (Fsp3) is 0.412. The molecule has 0 spiro atoms. The molecule has 1 saturated heterocycles. The molecule has 1 aromatic carbocycles. The van der Waals surface area contributed by atoms with Gasteiger partial charge in [0.15, 0.2) is 0 Å². The molecule has 0 radical (unpaired) electrons. The summed E-state index contributed by atoms with van der Waals surface area (Å²) in [5.74, 6) is 0.622. The highest BCUT2D eigenvalue weighted by molar-refractivity contribution is 5.95. The van der Waals surface area contributed by atoms with Gasteiger partial charge in [0, 0.05) is 5.39 Å². The topological polar surface area (TPSA) is 76.8 Å². The number of nitrogens with zero attached hydrogens (tertiary/aromatic N) is 2. The minimum absolute atomic E-state index is 0.133. The lowest BCUT2D eigenvalue weighted by Crippen LogP contribution is -2.27. The Bertz CT molecular complexity index is 791. The predicted molar refractivity (Wildman–Crippen MR) is 83.5 cm³/mol. The van der Waals surface area contributed by atoms with Crippen LogP contribution in [0, 0.1) is 11.3 Å². The van der Waals surface area contributed by atoms with E-state index < -0.39 is 11.7 Å². The number of hydrogen-bond donors (Lipinski definition) is 0. The Morgan fingerprint density at radius 1 is 1.48 bits per heavy atom. The van der Waals surface area contributed by atoms with Crippen molar-refractivity contribution in [2.75, 3.05) is 13.2 Å². The van der Waals surface area contributed by atoms with Gasteiger partial charge in [-0.1, -0.05) is 6.07 Å². The zero-order chi connectivity index (χ0) is 16.6. The van der Waals surface area contributed by atoms with E-state index in [-0.39, 0.29) is 11.8 Å². The van der Waals surface area contributed by atoms with Gasteiger partial charge >= 0.3 is 6.09 Å². The first-order valence-electron chi connectivity index (χ1n) is 7.41. The third-order valence-electron chi connectivity index (χ3n) is 3.32. The molecular weight excluding hydrogens is 296 g/mol. The Balaban J connectivity index is 2.01. The Morgan fingerprint density at radius 2 is 2.22 bits per heavy atom. The van der Waals surface area contributed by atoms with E-state index in [1.807, 2.05) is 12.1 Å². The van der Waals surface area contributed by atoms with Crippen LogP contribution in [0.15, 0.2) is 24.3 Å². The molecule has 23 heavy (non-hydrogen) atoms. The average molecular weight is 314 g/mol. The summed E-state index contributed by atoms with van der Waals surface area (Å²) in [4.78, 5) is 12.4. The van der Waals surface area contributed by atoms with Crippen LogP contribution in [0.2, 0.25) is 0 Å². The van der Waals surface area contributed by atoms with Crippen molar-refractivity contribution in [3.05, 3.63) is 30.0 Å².